The molecule has 0 bridgehead atoms. The zero-order valence-electron chi connectivity index (χ0n) is 55.5. The summed E-state index contributed by atoms with van der Waals surface area (Å²) >= 11 is 0. The van der Waals surface area contributed by atoms with E-state index >= 15 is 0 Å². The summed E-state index contributed by atoms with van der Waals surface area (Å²) in [5, 5.41) is 23.2. The highest BCUT2D eigenvalue weighted by Crippen LogP contribution is 2.19. The van der Waals surface area contributed by atoms with Crippen molar-refractivity contribution in [1.82, 2.24) is 5.32 Å². The number of amides is 1. The van der Waals surface area contributed by atoms with Crippen molar-refractivity contribution in [1.29, 1.82) is 0 Å². The number of hydrogen-bond donors (Lipinski definition) is 3. The molecular formula is C76H145NO5. The molecule has 0 aliphatic rings. The number of esters is 1. The van der Waals surface area contributed by atoms with E-state index < -0.39 is 12.1 Å². The molecular weight excluding hydrogens is 1010 g/mol. The third-order valence-corrected chi connectivity index (χ3v) is 17.4. The molecule has 0 aromatic heterocycles. The number of aliphatic hydroxyl groups is 2. The molecule has 82 heavy (non-hydrogen) atoms. The maximum Gasteiger partial charge on any atom is 0.305 e. The van der Waals surface area contributed by atoms with Crippen LogP contribution < -0.4 is 5.32 Å². The lowest BCUT2D eigenvalue weighted by Gasteiger charge is -2.22. The van der Waals surface area contributed by atoms with Gasteiger partial charge < -0.3 is 20.3 Å². The van der Waals surface area contributed by atoms with Crippen LogP contribution in [0, 0.1) is 0 Å². The smallest absolute Gasteiger partial charge is 0.305 e. The number of hydrogen-bond acceptors (Lipinski definition) is 5. The van der Waals surface area contributed by atoms with Gasteiger partial charge in [-0.05, 0) is 83.5 Å². The molecule has 0 spiro atoms. The van der Waals surface area contributed by atoms with Crippen LogP contribution in [0.3, 0.4) is 0 Å². The van der Waals surface area contributed by atoms with Crippen LogP contribution in [0.5, 0.6) is 0 Å². The van der Waals surface area contributed by atoms with Crippen molar-refractivity contribution in [2.45, 2.75) is 424 Å². The van der Waals surface area contributed by atoms with Crippen LogP contribution in [0.15, 0.2) is 36.5 Å². The lowest BCUT2D eigenvalue weighted by atomic mass is 10.0. The molecule has 6 nitrogen and oxygen atoms in total. The number of rotatable bonds is 70. The molecule has 0 radical (unpaired) electrons. The molecule has 0 saturated heterocycles. The summed E-state index contributed by atoms with van der Waals surface area (Å²) in [6.07, 6.45) is 92.4. The fraction of sp³-hybridized carbons (Fsp3) is 0.895. The van der Waals surface area contributed by atoms with Crippen molar-refractivity contribution in [3.05, 3.63) is 36.5 Å². The standard InChI is InChI=1S/C76H145NO5/c1-3-5-7-9-11-13-14-15-16-40-44-47-50-54-58-62-66-70-76(81)82-71-67-63-59-55-51-48-45-42-39-37-35-33-31-29-27-25-23-21-19-17-18-20-22-24-26-28-30-32-34-36-38-41-43-46-49-53-57-61-65-69-75(80)77-73(72-78)74(79)68-64-60-56-52-12-10-8-6-4-2/h11,13,15-18,73-74,78-79H,3-10,12,14,19-72H2,1-2H3,(H,77,80)/b13-11-,16-15-,18-17-. The number of aliphatic hydroxyl groups excluding tert-OH is 2. The minimum absolute atomic E-state index is 0.0150. The van der Waals surface area contributed by atoms with Crippen molar-refractivity contribution in [2.75, 3.05) is 13.2 Å². The van der Waals surface area contributed by atoms with Crippen LogP contribution in [0.1, 0.15) is 412 Å². The molecule has 0 fully saturated rings. The highest BCUT2D eigenvalue weighted by Gasteiger charge is 2.20. The molecule has 0 aliphatic heterocycles. The van der Waals surface area contributed by atoms with Gasteiger partial charge in [0.1, 0.15) is 0 Å². The number of carbonyl (C=O) groups is 2. The van der Waals surface area contributed by atoms with Gasteiger partial charge in [-0.25, -0.2) is 0 Å². The molecule has 0 aromatic rings. The summed E-state index contributed by atoms with van der Waals surface area (Å²) in [5.74, 6) is -0.0163. The Balaban J connectivity index is 3.29. The number of carbonyl (C=O) groups excluding carboxylic acids is 2. The van der Waals surface area contributed by atoms with Crippen molar-refractivity contribution in [3.8, 4) is 0 Å². The van der Waals surface area contributed by atoms with E-state index in [9.17, 15) is 19.8 Å². The second-order valence-electron chi connectivity index (χ2n) is 25.6. The highest BCUT2D eigenvalue weighted by molar-refractivity contribution is 5.76. The van der Waals surface area contributed by atoms with Crippen molar-refractivity contribution >= 4 is 11.9 Å². The fourth-order valence-electron chi connectivity index (χ4n) is 11.7. The Morgan fingerprint density at radius 1 is 0.341 bits per heavy atom. The van der Waals surface area contributed by atoms with Crippen LogP contribution in [0.2, 0.25) is 0 Å². The molecule has 3 N–H and O–H groups in total. The summed E-state index contributed by atoms with van der Waals surface area (Å²) in [6, 6.07) is -0.536. The Morgan fingerprint density at radius 2 is 0.610 bits per heavy atom. The molecule has 6 heteroatoms. The first-order chi connectivity index (χ1) is 40.5. The predicted molar refractivity (Wildman–Crippen MR) is 361 cm³/mol. The van der Waals surface area contributed by atoms with E-state index in [-0.39, 0.29) is 18.5 Å². The first-order valence-electron chi connectivity index (χ1n) is 37.2. The van der Waals surface area contributed by atoms with E-state index in [1.54, 1.807) is 0 Å². The monoisotopic (exact) mass is 1150 g/mol. The summed E-state index contributed by atoms with van der Waals surface area (Å²) in [4.78, 5) is 24.5. The molecule has 0 aromatic carbocycles. The van der Waals surface area contributed by atoms with Crippen LogP contribution in [-0.2, 0) is 14.3 Å². The summed E-state index contributed by atoms with van der Waals surface area (Å²) < 4.78 is 5.50. The molecule has 0 heterocycles. The molecule has 0 aliphatic carbocycles. The quantitative estimate of drug-likeness (QED) is 0.0320. The van der Waals surface area contributed by atoms with Crippen molar-refractivity contribution < 1.29 is 24.5 Å². The Hall–Kier alpha value is -1.92. The minimum atomic E-state index is -0.659. The Labute approximate surface area is 513 Å². The van der Waals surface area contributed by atoms with E-state index in [0.717, 1.165) is 51.4 Å². The molecule has 1 amide bonds. The van der Waals surface area contributed by atoms with Gasteiger partial charge in [0.15, 0.2) is 0 Å². The molecule has 2 unspecified atom stereocenters. The van der Waals surface area contributed by atoms with E-state index in [1.807, 2.05) is 0 Å². The predicted octanol–water partition coefficient (Wildman–Crippen LogP) is 24.3. The first kappa shape index (κ1) is 80.1. The molecule has 484 valence electrons. The van der Waals surface area contributed by atoms with E-state index in [4.69, 9.17) is 4.74 Å². The first-order valence-corrected chi connectivity index (χ1v) is 37.2. The third kappa shape index (κ3) is 67.2. The molecule has 0 rings (SSSR count). The van der Waals surface area contributed by atoms with Crippen molar-refractivity contribution in [2.24, 2.45) is 0 Å². The summed E-state index contributed by atoms with van der Waals surface area (Å²) in [6.45, 7) is 4.93. The minimum Gasteiger partial charge on any atom is -0.466 e. The van der Waals surface area contributed by atoms with E-state index in [0.29, 0.717) is 25.9 Å². The van der Waals surface area contributed by atoms with Gasteiger partial charge in [0.2, 0.25) is 5.91 Å². The molecule has 0 saturated carbocycles. The maximum atomic E-state index is 12.4. The van der Waals surface area contributed by atoms with Gasteiger partial charge in [-0.1, -0.05) is 352 Å². The van der Waals surface area contributed by atoms with Gasteiger partial charge in [0.05, 0.1) is 25.4 Å². The van der Waals surface area contributed by atoms with Gasteiger partial charge in [-0.15, -0.1) is 0 Å². The highest BCUT2D eigenvalue weighted by atomic mass is 16.5. The van der Waals surface area contributed by atoms with E-state index in [2.05, 4.69) is 55.6 Å². The number of nitrogens with one attached hydrogen (secondary N) is 1. The van der Waals surface area contributed by atoms with Crippen LogP contribution in [-0.4, -0.2) is 47.4 Å². The maximum absolute atomic E-state index is 12.4. The van der Waals surface area contributed by atoms with Gasteiger partial charge in [0.25, 0.3) is 0 Å². The topological polar surface area (TPSA) is 95.9 Å². The van der Waals surface area contributed by atoms with E-state index in [1.165, 1.54) is 327 Å². The number of allylic oxidation sites excluding steroid dienone is 6. The molecule has 2 atom stereocenters. The summed E-state index contributed by atoms with van der Waals surface area (Å²) in [7, 11) is 0. The average Bonchev–Trinajstić information content (AvgIpc) is 3.48. The average molecular weight is 1150 g/mol. The van der Waals surface area contributed by atoms with Gasteiger partial charge >= 0.3 is 5.97 Å². The van der Waals surface area contributed by atoms with Crippen LogP contribution in [0.25, 0.3) is 0 Å². The number of unbranched alkanes of at least 4 members (excludes halogenated alkanes) is 53. The second-order valence-corrected chi connectivity index (χ2v) is 25.6. The number of ether oxygens (including phenoxy) is 1. The lowest BCUT2D eigenvalue weighted by molar-refractivity contribution is -0.143. The Morgan fingerprint density at radius 3 is 0.963 bits per heavy atom. The Bertz CT molecular complexity index is 1330. The fourth-order valence-corrected chi connectivity index (χ4v) is 11.7. The second kappa shape index (κ2) is 71.6. The lowest BCUT2D eigenvalue weighted by Crippen LogP contribution is -2.45. The zero-order chi connectivity index (χ0) is 59.2. The van der Waals surface area contributed by atoms with Crippen LogP contribution in [0.4, 0.5) is 0 Å². The normalized spacial score (nSPS) is 12.7. The van der Waals surface area contributed by atoms with Crippen LogP contribution >= 0.6 is 0 Å². The zero-order valence-corrected chi connectivity index (χ0v) is 55.5. The summed E-state index contributed by atoms with van der Waals surface area (Å²) in [5.41, 5.74) is 0. The third-order valence-electron chi connectivity index (χ3n) is 17.4. The Kier molecular flexibility index (Phi) is 69.9. The largest absolute Gasteiger partial charge is 0.466 e. The van der Waals surface area contributed by atoms with Gasteiger partial charge in [-0.3, -0.25) is 9.59 Å². The van der Waals surface area contributed by atoms with Gasteiger partial charge in [-0.2, -0.15) is 0 Å². The SMILES string of the molecule is CCCCC/C=C\C/C=C\CCCCCCCCCC(=O)OCCCCCCCCCCCCCCCCCCCC/C=C\CCCCCCCCCCCCCCCCCCCC(=O)NC(CO)C(O)CCCCCCCCCCC. The van der Waals surface area contributed by atoms with Gasteiger partial charge in [0, 0.05) is 12.8 Å². The van der Waals surface area contributed by atoms with Crippen molar-refractivity contribution in [3.63, 3.8) is 0 Å².